The number of benzene rings is 2. The maximum Gasteiger partial charge on any atom is 0.410 e. The lowest BCUT2D eigenvalue weighted by Crippen LogP contribution is -2.59. The van der Waals surface area contributed by atoms with Crippen LogP contribution in [0.5, 0.6) is 0 Å². The van der Waals surface area contributed by atoms with Crippen molar-refractivity contribution in [2.45, 2.75) is 37.9 Å². The minimum absolute atomic E-state index is 0.0689. The van der Waals surface area contributed by atoms with E-state index < -0.39 is 48.8 Å². The number of amides is 1. The molecule has 0 saturated carbocycles. The molecule has 0 spiro atoms. The molecule has 2 unspecified atom stereocenters. The number of esters is 1. The van der Waals surface area contributed by atoms with Crippen LogP contribution in [0.4, 0.5) is 28.0 Å². The maximum absolute atomic E-state index is 13.9. The third-order valence-corrected chi connectivity index (χ3v) is 7.09. The SMILES string of the molecule is COC(=O)c1cc(-c2ccc(F)c(F)c2)ncc1N1CCCC(N(Cc2ccccc2)C(=O)OC)C1COCC(F)F. The molecular formula is C30H31F4N3O5. The molecule has 0 bridgehead atoms. The van der Waals surface area contributed by atoms with E-state index in [1.54, 1.807) is 4.90 Å². The van der Waals surface area contributed by atoms with Crippen molar-refractivity contribution in [2.24, 2.45) is 0 Å². The number of carbonyl (C=O) groups is 2. The van der Waals surface area contributed by atoms with Crippen molar-refractivity contribution in [2.75, 3.05) is 38.9 Å². The molecule has 42 heavy (non-hydrogen) atoms. The van der Waals surface area contributed by atoms with Crippen LogP contribution in [0.15, 0.2) is 60.8 Å². The molecule has 3 aromatic rings. The van der Waals surface area contributed by atoms with Crippen molar-refractivity contribution < 1.29 is 41.4 Å². The van der Waals surface area contributed by atoms with Crippen LogP contribution >= 0.6 is 0 Å². The number of carbonyl (C=O) groups excluding carboxylic acids is 2. The average molecular weight is 590 g/mol. The minimum atomic E-state index is -2.70. The van der Waals surface area contributed by atoms with E-state index in [4.69, 9.17) is 14.2 Å². The highest BCUT2D eigenvalue weighted by Gasteiger charge is 2.40. The number of hydrogen-bond acceptors (Lipinski definition) is 7. The Balaban J connectivity index is 1.76. The Morgan fingerprint density at radius 1 is 1.05 bits per heavy atom. The summed E-state index contributed by atoms with van der Waals surface area (Å²) in [5.74, 6) is -2.82. The number of nitrogens with zero attached hydrogens (tertiary/aromatic N) is 3. The third-order valence-electron chi connectivity index (χ3n) is 7.09. The van der Waals surface area contributed by atoms with Crippen LogP contribution < -0.4 is 4.90 Å². The predicted octanol–water partition coefficient (Wildman–Crippen LogP) is 5.70. The summed E-state index contributed by atoms with van der Waals surface area (Å²) in [6.07, 6.45) is -0.835. The number of anilines is 1. The number of methoxy groups -OCH3 is 2. The second-order valence-corrected chi connectivity index (χ2v) is 9.69. The van der Waals surface area contributed by atoms with Gasteiger partial charge in [0.1, 0.15) is 6.61 Å². The van der Waals surface area contributed by atoms with Crippen molar-refractivity contribution >= 4 is 17.7 Å². The number of hydrogen-bond donors (Lipinski definition) is 0. The van der Waals surface area contributed by atoms with Crippen LogP contribution in [0.2, 0.25) is 0 Å². The van der Waals surface area contributed by atoms with E-state index in [1.165, 1.54) is 37.4 Å². The van der Waals surface area contributed by atoms with Gasteiger partial charge in [-0.15, -0.1) is 0 Å². The third kappa shape index (κ3) is 7.17. The first-order valence-electron chi connectivity index (χ1n) is 13.3. The second kappa shape index (κ2) is 14.1. The highest BCUT2D eigenvalue weighted by molar-refractivity contribution is 5.97. The number of ether oxygens (including phenoxy) is 3. The Kier molecular flexibility index (Phi) is 10.3. The van der Waals surface area contributed by atoms with Crippen LogP contribution in [0.1, 0.15) is 28.8 Å². The zero-order valence-electron chi connectivity index (χ0n) is 23.1. The summed E-state index contributed by atoms with van der Waals surface area (Å²) in [5.41, 5.74) is 1.64. The molecule has 2 heterocycles. The largest absolute Gasteiger partial charge is 0.465 e. The van der Waals surface area contributed by atoms with Crippen molar-refractivity contribution in [1.29, 1.82) is 0 Å². The Morgan fingerprint density at radius 3 is 2.48 bits per heavy atom. The molecule has 0 radical (unpaired) electrons. The molecule has 1 aromatic heterocycles. The fourth-order valence-corrected chi connectivity index (χ4v) is 5.16. The van der Waals surface area contributed by atoms with E-state index in [2.05, 4.69) is 4.98 Å². The molecule has 4 rings (SSSR count). The molecule has 0 N–H and O–H groups in total. The predicted molar refractivity (Wildman–Crippen MR) is 146 cm³/mol. The molecule has 2 aromatic carbocycles. The molecule has 2 atom stereocenters. The highest BCUT2D eigenvalue weighted by Crippen LogP contribution is 2.34. The zero-order chi connectivity index (χ0) is 30.2. The van der Waals surface area contributed by atoms with E-state index in [1.807, 2.05) is 30.3 Å². The van der Waals surface area contributed by atoms with Gasteiger partial charge in [-0.05, 0) is 42.7 Å². The molecule has 8 nitrogen and oxygen atoms in total. The van der Waals surface area contributed by atoms with E-state index in [0.29, 0.717) is 25.1 Å². The van der Waals surface area contributed by atoms with Gasteiger partial charge in [0.15, 0.2) is 11.6 Å². The monoisotopic (exact) mass is 589 g/mol. The summed E-state index contributed by atoms with van der Waals surface area (Å²) in [4.78, 5) is 33.7. The summed E-state index contributed by atoms with van der Waals surface area (Å²) in [6, 6.07) is 12.7. The maximum atomic E-state index is 13.9. The lowest BCUT2D eigenvalue weighted by molar-refractivity contribution is -0.00250. The summed E-state index contributed by atoms with van der Waals surface area (Å²) < 4.78 is 69.1. The quantitative estimate of drug-likeness (QED) is 0.222. The minimum Gasteiger partial charge on any atom is -0.465 e. The van der Waals surface area contributed by atoms with E-state index in [-0.39, 0.29) is 30.0 Å². The fourth-order valence-electron chi connectivity index (χ4n) is 5.16. The van der Waals surface area contributed by atoms with Gasteiger partial charge in [-0.1, -0.05) is 30.3 Å². The van der Waals surface area contributed by atoms with Crippen LogP contribution in [-0.4, -0.2) is 74.4 Å². The number of piperidine rings is 1. The smallest absolute Gasteiger partial charge is 0.410 e. The number of halogens is 4. The Bertz CT molecular complexity index is 1380. The van der Waals surface area contributed by atoms with E-state index in [9.17, 15) is 27.2 Å². The summed E-state index contributed by atoms with van der Waals surface area (Å²) in [5, 5.41) is 0. The average Bonchev–Trinajstić information content (AvgIpc) is 3.00. The van der Waals surface area contributed by atoms with Crippen molar-refractivity contribution in [3.05, 3.63) is 83.6 Å². The van der Waals surface area contributed by atoms with Crippen molar-refractivity contribution in [3.8, 4) is 11.3 Å². The highest BCUT2D eigenvalue weighted by atomic mass is 19.3. The molecule has 1 aliphatic rings. The van der Waals surface area contributed by atoms with Gasteiger partial charge in [0.2, 0.25) is 0 Å². The first kappa shape index (κ1) is 30.8. The van der Waals surface area contributed by atoms with Gasteiger partial charge >= 0.3 is 12.1 Å². The van der Waals surface area contributed by atoms with Gasteiger partial charge in [0.05, 0.1) is 56.1 Å². The number of rotatable bonds is 10. The zero-order valence-corrected chi connectivity index (χ0v) is 23.1. The van der Waals surface area contributed by atoms with E-state index in [0.717, 1.165) is 17.7 Å². The second-order valence-electron chi connectivity index (χ2n) is 9.69. The molecule has 12 heteroatoms. The Labute approximate surface area is 240 Å². The number of alkyl halides is 2. The first-order valence-corrected chi connectivity index (χ1v) is 13.3. The number of pyridine rings is 1. The van der Waals surface area contributed by atoms with Gasteiger partial charge in [-0.2, -0.15) is 0 Å². The topological polar surface area (TPSA) is 81.2 Å². The Hall–Kier alpha value is -4.19. The molecule has 0 aliphatic carbocycles. The molecule has 224 valence electrons. The van der Waals surface area contributed by atoms with Crippen LogP contribution in [-0.2, 0) is 20.8 Å². The van der Waals surface area contributed by atoms with Crippen LogP contribution in [0, 0.1) is 11.6 Å². The van der Waals surface area contributed by atoms with Gasteiger partial charge in [-0.25, -0.2) is 27.2 Å². The summed E-state index contributed by atoms with van der Waals surface area (Å²) in [6.45, 7) is -0.432. The Morgan fingerprint density at radius 2 is 1.81 bits per heavy atom. The normalized spacial score (nSPS) is 16.8. The number of aromatic nitrogens is 1. The molecular weight excluding hydrogens is 558 g/mol. The first-order chi connectivity index (χ1) is 20.2. The van der Waals surface area contributed by atoms with Gasteiger partial charge < -0.3 is 19.1 Å². The van der Waals surface area contributed by atoms with Gasteiger partial charge in [0, 0.05) is 18.7 Å². The molecule has 1 saturated heterocycles. The van der Waals surface area contributed by atoms with Gasteiger partial charge in [0.25, 0.3) is 6.43 Å². The molecule has 1 fully saturated rings. The van der Waals surface area contributed by atoms with E-state index >= 15 is 0 Å². The lowest BCUT2D eigenvalue weighted by atomic mass is 9.93. The van der Waals surface area contributed by atoms with Crippen LogP contribution in [0.25, 0.3) is 11.3 Å². The van der Waals surface area contributed by atoms with Gasteiger partial charge in [-0.3, -0.25) is 9.88 Å². The standard InChI is InChI=1S/C30H31F4N3O5/c1-40-29(38)21-14-24(20-10-11-22(31)23(32)13-20)35-15-26(21)36-12-6-9-25(27(36)17-42-18-28(33)34)37(30(39)41-2)16-19-7-4-3-5-8-19/h3-5,7-8,10-11,13-15,25,27-28H,6,9,12,16-18H2,1-2H3. The molecule has 1 aliphatic heterocycles. The summed E-state index contributed by atoms with van der Waals surface area (Å²) >= 11 is 0. The lowest BCUT2D eigenvalue weighted by Gasteiger charge is -2.46. The summed E-state index contributed by atoms with van der Waals surface area (Å²) in [7, 11) is 2.46. The molecule has 1 amide bonds. The van der Waals surface area contributed by atoms with Crippen molar-refractivity contribution in [3.63, 3.8) is 0 Å². The van der Waals surface area contributed by atoms with Crippen LogP contribution in [0.3, 0.4) is 0 Å². The fraction of sp³-hybridized carbons (Fsp3) is 0.367. The van der Waals surface area contributed by atoms with Crippen molar-refractivity contribution in [1.82, 2.24) is 9.88 Å².